The number of hydrogen-bond acceptors (Lipinski definition) is 8. The number of aliphatic hydroxyl groups excluding tert-OH is 3. The second-order valence-electron chi connectivity index (χ2n) is 6.95. The van der Waals surface area contributed by atoms with E-state index < -0.39 is 30.5 Å². The van der Waals surface area contributed by atoms with E-state index >= 15 is 0 Å². The van der Waals surface area contributed by atoms with Gasteiger partial charge in [-0.05, 0) is 29.3 Å². The van der Waals surface area contributed by atoms with Crippen molar-refractivity contribution in [1.29, 1.82) is 0 Å². The van der Waals surface area contributed by atoms with E-state index in [9.17, 15) is 20.4 Å². The lowest BCUT2D eigenvalue weighted by Gasteiger charge is -2.44. The molecule has 29 heavy (non-hydrogen) atoms. The topological polar surface area (TPSA) is 103 Å². The zero-order chi connectivity index (χ0) is 20.6. The van der Waals surface area contributed by atoms with Gasteiger partial charge < -0.3 is 25.2 Å². The molecule has 0 radical (unpaired) electrons. The van der Waals surface area contributed by atoms with Crippen molar-refractivity contribution in [3.8, 4) is 9.75 Å². The maximum atomic E-state index is 11.2. The molecule has 3 aromatic rings. The first-order valence-electron chi connectivity index (χ1n) is 9.01. The number of benzene rings is 1. The molecule has 0 bridgehead atoms. The minimum atomic E-state index is -1.96. The Morgan fingerprint density at radius 3 is 2.76 bits per heavy atom. The van der Waals surface area contributed by atoms with Crippen LogP contribution < -0.4 is 0 Å². The largest absolute Gasteiger partial charge is 0.394 e. The average molecular weight is 454 g/mol. The van der Waals surface area contributed by atoms with E-state index in [0.29, 0.717) is 17.0 Å². The minimum absolute atomic E-state index is 0.195. The van der Waals surface area contributed by atoms with Crippen molar-refractivity contribution in [2.24, 2.45) is 0 Å². The van der Waals surface area contributed by atoms with Gasteiger partial charge >= 0.3 is 0 Å². The highest BCUT2D eigenvalue weighted by Gasteiger charge is 2.51. The Kier molecular flexibility index (Phi) is 6.06. The van der Waals surface area contributed by atoms with Gasteiger partial charge in [0.2, 0.25) is 0 Å². The Hall–Kier alpha value is -1.36. The van der Waals surface area contributed by atoms with Crippen LogP contribution in [-0.2, 0) is 16.8 Å². The van der Waals surface area contributed by atoms with Gasteiger partial charge in [-0.1, -0.05) is 23.7 Å². The molecular weight excluding hydrogens is 434 g/mol. The van der Waals surface area contributed by atoms with Gasteiger partial charge in [0.15, 0.2) is 0 Å². The molecule has 1 aromatic carbocycles. The van der Waals surface area contributed by atoms with Gasteiger partial charge in [-0.3, -0.25) is 4.98 Å². The van der Waals surface area contributed by atoms with Crippen LogP contribution in [0.1, 0.15) is 16.0 Å². The smallest absolute Gasteiger partial charge is 0.146 e. The lowest BCUT2D eigenvalue weighted by Crippen LogP contribution is -2.61. The molecule has 0 unspecified atom stereocenters. The summed E-state index contributed by atoms with van der Waals surface area (Å²) in [4.78, 5) is 7.41. The SMILES string of the molecule is OC[C@H]1OC[C@H](O)[C@@](O)(c2ccc(Cl)c(Cc3ccc(-c4cncs4)s3)c2)[C@@H]1O. The fraction of sp³-hybridized carbons (Fsp3) is 0.350. The molecule has 1 fully saturated rings. The summed E-state index contributed by atoms with van der Waals surface area (Å²) in [7, 11) is 0. The summed E-state index contributed by atoms with van der Waals surface area (Å²) in [6.45, 7) is -0.661. The molecule has 9 heteroatoms. The molecule has 2 aromatic heterocycles. The standard InChI is InChI=1S/C20H20ClNO5S2/c21-14-3-1-12(20(26)18(24)9-27-15(8-23)19(20)25)5-11(14)6-13-2-4-16(29-13)17-7-22-10-28-17/h1-5,7,10,15,18-19,23-26H,6,8-9H2/t15-,18+,19-,20+/m1/s1. The first kappa shape index (κ1) is 20.9. The van der Waals surface area contributed by atoms with Crippen molar-refractivity contribution in [2.45, 2.75) is 30.3 Å². The van der Waals surface area contributed by atoms with E-state index in [1.54, 1.807) is 46.4 Å². The van der Waals surface area contributed by atoms with E-state index in [1.165, 1.54) is 0 Å². The molecule has 154 valence electrons. The Labute approximate surface area is 180 Å². The third-order valence-corrected chi connectivity index (χ3v) is 7.59. The monoisotopic (exact) mass is 453 g/mol. The number of rotatable bonds is 5. The Balaban J connectivity index is 1.64. The van der Waals surface area contributed by atoms with Crippen LogP contribution in [0.2, 0.25) is 5.02 Å². The van der Waals surface area contributed by atoms with Crippen LogP contribution in [0.5, 0.6) is 0 Å². The number of thiophene rings is 1. The van der Waals surface area contributed by atoms with Crippen molar-refractivity contribution >= 4 is 34.3 Å². The number of thiazole rings is 1. The lowest BCUT2D eigenvalue weighted by atomic mass is 9.78. The number of ether oxygens (including phenoxy) is 1. The first-order valence-corrected chi connectivity index (χ1v) is 11.1. The van der Waals surface area contributed by atoms with Gasteiger partial charge in [0.05, 0.1) is 23.6 Å². The number of nitrogens with zero attached hydrogens (tertiary/aromatic N) is 1. The van der Waals surface area contributed by atoms with Crippen LogP contribution in [0.4, 0.5) is 0 Å². The quantitative estimate of drug-likeness (QED) is 0.473. The van der Waals surface area contributed by atoms with Crippen LogP contribution in [0.25, 0.3) is 9.75 Å². The van der Waals surface area contributed by atoms with E-state index in [4.69, 9.17) is 16.3 Å². The molecule has 1 aliphatic rings. The van der Waals surface area contributed by atoms with Crippen LogP contribution >= 0.6 is 34.3 Å². The maximum absolute atomic E-state index is 11.2. The molecule has 6 nitrogen and oxygen atoms in total. The predicted molar refractivity (Wildman–Crippen MR) is 112 cm³/mol. The van der Waals surface area contributed by atoms with Gasteiger partial charge in [0.1, 0.15) is 23.9 Å². The van der Waals surface area contributed by atoms with Crippen LogP contribution in [0.3, 0.4) is 0 Å². The van der Waals surface area contributed by atoms with Crippen LogP contribution in [0.15, 0.2) is 42.0 Å². The molecule has 0 saturated carbocycles. The third-order valence-electron chi connectivity index (χ3n) is 5.17. The number of aliphatic hydroxyl groups is 4. The summed E-state index contributed by atoms with van der Waals surface area (Å²) in [5.41, 5.74) is 0.924. The van der Waals surface area contributed by atoms with Crippen molar-refractivity contribution in [3.63, 3.8) is 0 Å². The molecular formula is C20H20ClNO5S2. The van der Waals surface area contributed by atoms with Gasteiger partial charge in [0, 0.05) is 27.4 Å². The maximum Gasteiger partial charge on any atom is 0.146 e. The number of aromatic nitrogens is 1. The van der Waals surface area contributed by atoms with Crippen molar-refractivity contribution in [3.05, 3.63) is 63.1 Å². The van der Waals surface area contributed by atoms with Gasteiger partial charge in [0.25, 0.3) is 0 Å². The van der Waals surface area contributed by atoms with Crippen LogP contribution in [-0.4, -0.2) is 56.9 Å². The van der Waals surface area contributed by atoms with E-state index in [0.717, 1.165) is 20.2 Å². The molecule has 0 spiro atoms. The zero-order valence-electron chi connectivity index (χ0n) is 15.2. The normalized spacial score (nSPS) is 27.3. The summed E-state index contributed by atoms with van der Waals surface area (Å²) in [5, 5.41) is 42.0. The summed E-state index contributed by atoms with van der Waals surface area (Å²) in [6, 6.07) is 8.98. The number of halogens is 1. The molecule has 0 aliphatic carbocycles. The summed E-state index contributed by atoms with van der Waals surface area (Å²) >= 11 is 9.60. The fourth-order valence-electron chi connectivity index (χ4n) is 3.52. The van der Waals surface area contributed by atoms with Crippen molar-refractivity contribution in [1.82, 2.24) is 4.98 Å². The van der Waals surface area contributed by atoms with Gasteiger partial charge in [-0.15, -0.1) is 22.7 Å². The first-order chi connectivity index (χ1) is 13.9. The second-order valence-corrected chi connectivity index (χ2v) is 9.42. The predicted octanol–water partition coefficient (Wildman–Crippen LogP) is 2.42. The van der Waals surface area contributed by atoms with Gasteiger partial charge in [-0.2, -0.15) is 0 Å². The Morgan fingerprint density at radius 1 is 1.21 bits per heavy atom. The summed E-state index contributed by atoms with van der Waals surface area (Å²) < 4.78 is 5.22. The number of hydrogen-bond donors (Lipinski definition) is 4. The van der Waals surface area contributed by atoms with Crippen molar-refractivity contribution in [2.75, 3.05) is 13.2 Å². The molecule has 4 rings (SSSR count). The highest BCUT2D eigenvalue weighted by atomic mass is 35.5. The summed E-state index contributed by atoms with van der Waals surface area (Å²) in [5.74, 6) is 0. The lowest BCUT2D eigenvalue weighted by molar-refractivity contribution is -0.253. The van der Waals surface area contributed by atoms with E-state index in [1.807, 2.05) is 18.3 Å². The molecule has 4 N–H and O–H groups in total. The van der Waals surface area contributed by atoms with Gasteiger partial charge in [-0.25, -0.2) is 0 Å². The molecule has 4 atom stereocenters. The second kappa shape index (κ2) is 8.41. The summed E-state index contributed by atoms with van der Waals surface area (Å²) in [6.07, 6.45) is -1.44. The fourth-order valence-corrected chi connectivity index (χ4v) is 5.45. The highest BCUT2D eigenvalue weighted by Crippen LogP contribution is 2.38. The zero-order valence-corrected chi connectivity index (χ0v) is 17.6. The molecule has 1 saturated heterocycles. The average Bonchev–Trinajstić information content (AvgIpc) is 3.40. The molecule has 1 aliphatic heterocycles. The highest BCUT2D eigenvalue weighted by molar-refractivity contribution is 7.21. The molecule has 3 heterocycles. The van der Waals surface area contributed by atoms with E-state index in [2.05, 4.69) is 4.98 Å². The Morgan fingerprint density at radius 2 is 2.03 bits per heavy atom. The van der Waals surface area contributed by atoms with Crippen molar-refractivity contribution < 1.29 is 25.2 Å². The van der Waals surface area contributed by atoms with Crippen LogP contribution in [0, 0.1) is 0 Å². The Bertz CT molecular complexity index is 979. The van der Waals surface area contributed by atoms with E-state index in [-0.39, 0.29) is 6.61 Å². The molecule has 0 amide bonds. The minimum Gasteiger partial charge on any atom is -0.394 e. The third kappa shape index (κ3) is 3.87.